The van der Waals surface area contributed by atoms with Crippen molar-refractivity contribution in [3.05, 3.63) is 0 Å². The van der Waals surface area contributed by atoms with Crippen molar-refractivity contribution in [2.75, 3.05) is 6.61 Å². The summed E-state index contributed by atoms with van der Waals surface area (Å²) in [7, 11) is -13.9. The summed E-state index contributed by atoms with van der Waals surface area (Å²) in [6.07, 6.45) is -7.07. The van der Waals surface area contributed by atoms with Crippen LogP contribution in [0.15, 0.2) is 0 Å². The first-order valence-electron chi connectivity index (χ1n) is 4.98. The molecule has 124 valence electrons. The predicted octanol–water partition coefficient (Wildman–Crippen LogP) is -2.31. The molecule has 0 spiro atoms. The Morgan fingerprint density at radius 3 is 2.24 bits per heavy atom. The summed E-state index contributed by atoms with van der Waals surface area (Å²) in [6, 6.07) is 0. The van der Waals surface area contributed by atoms with E-state index in [4.69, 9.17) is 19.4 Å². The molecule has 1 fully saturated rings. The number of aliphatic hydroxyl groups is 2. The van der Waals surface area contributed by atoms with Crippen LogP contribution in [0.2, 0.25) is 0 Å². The fraction of sp³-hybridized carbons (Fsp3) is 1.00. The maximum atomic E-state index is 11.2. The molecular formula is C5H11O13P3. The third-order valence-corrected chi connectivity index (χ3v) is 4.62. The number of aliphatic hydroxyl groups excluding tert-OH is 2. The molecule has 6 atom stereocenters. The minimum Gasteiger partial charge on any atom is -0.566 e. The lowest BCUT2D eigenvalue weighted by Gasteiger charge is -2.18. The van der Waals surface area contributed by atoms with Gasteiger partial charge in [-0.2, -0.15) is 4.31 Å². The van der Waals surface area contributed by atoms with Gasteiger partial charge in [0.2, 0.25) is 0 Å². The molecule has 0 aromatic rings. The first kappa shape index (κ1) is 19.2. The van der Waals surface area contributed by atoms with Gasteiger partial charge >= 0.3 is 23.9 Å². The van der Waals surface area contributed by atoms with Crippen LogP contribution in [0.25, 0.3) is 0 Å². The van der Waals surface area contributed by atoms with Gasteiger partial charge in [0.15, 0.2) is 6.29 Å². The third-order valence-electron chi connectivity index (χ3n) is 2.11. The zero-order chi connectivity index (χ0) is 16.4. The average molecular weight is 372 g/mol. The van der Waals surface area contributed by atoms with Crippen LogP contribution in [-0.4, -0.2) is 56.1 Å². The van der Waals surface area contributed by atoms with Crippen LogP contribution < -0.4 is 4.89 Å². The largest absolute Gasteiger partial charge is 0.566 e. The highest BCUT2D eigenvalue weighted by Crippen LogP contribution is 2.58. The van der Waals surface area contributed by atoms with Gasteiger partial charge in [-0.3, -0.25) is 4.52 Å². The fourth-order valence-corrected chi connectivity index (χ4v) is 3.29. The lowest BCUT2D eigenvalue weighted by atomic mass is 10.1. The maximum Gasteiger partial charge on any atom is 0.488 e. The molecule has 0 amide bonds. The zero-order valence-electron chi connectivity index (χ0n) is 9.86. The van der Waals surface area contributed by atoms with E-state index in [-0.39, 0.29) is 0 Å². The minimum absolute atomic E-state index is 0.716. The molecule has 13 nitrogen and oxygen atoms in total. The van der Waals surface area contributed by atoms with Gasteiger partial charge < -0.3 is 34.5 Å². The Kier molecular flexibility index (Phi) is 6.54. The summed E-state index contributed by atoms with van der Waals surface area (Å²) in [6.45, 7) is -0.716. The Hall–Kier alpha value is 0.160. The van der Waals surface area contributed by atoms with Gasteiger partial charge in [0.25, 0.3) is 0 Å². The molecule has 21 heavy (non-hydrogen) atoms. The van der Waals surface area contributed by atoms with Gasteiger partial charge in [0.05, 0.1) is 0 Å². The molecule has 0 radical (unpaired) electrons. The van der Waals surface area contributed by atoms with Crippen molar-refractivity contribution in [2.24, 2.45) is 0 Å². The smallest absolute Gasteiger partial charge is 0.488 e. The van der Waals surface area contributed by atoms with Crippen molar-refractivity contribution in [1.82, 2.24) is 0 Å². The summed E-state index contributed by atoms with van der Waals surface area (Å²) in [5, 5.41) is 18.9. The van der Waals surface area contributed by atoms with E-state index in [0.29, 0.717) is 0 Å². The van der Waals surface area contributed by atoms with Crippen LogP contribution in [-0.2, 0) is 31.8 Å². The summed E-state index contributed by atoms with van der Waals surface area (Å²) in [5.41, 5.74) is 0. The number of phosphoric acid groups is 2. The number of hydrogen-bond acceptors (Lipinski definition) is 10. The van der Waals surface area contributed by atoms with Crippen molar-refractivity contribution in [3.63, 3.8) is 0 Å². The van der Waals surface area contributed by atoms with Crippen LogP contribution in [0.1, 0.15) is 0 Å². The van der Waals surface area contributed by atoms with E-state index in [1.165, 1.54) is 0 Å². The van der Waals surface area contributed by atoms with E-state index >= 15 is 0 Å². The molecule has 1 aliphatic rings. The van der Waals surface area contributed by atoms with Gasteiger partial charge in [0, 0.05) is 0 Å². The number of rotatable bonds is 7. The van der Waals surface area contributed by atoms with Crippen LogP contribution in [0, 0.1) is 0 Å². The van der Waals surface area contributed by atoms with E-state index < -0.39 is 55.1 Å². The highest BCUT2D eigenvalue weighted by Gasteiger charge is 2.48. The van der Waals surface area contributed by atoms with Gasteiger partial charge in [-0.15, -0.1) is 4.52 Å². The summed E-state index contributed by atoms with van der Waals surface area (Å²) in [4.78, 5) is 36.0. The first-order chi connectivity index (χ1) is 9.41. The van der Waals surface area contributed by atoms with Crippen LogP contribution in [0.4, 0.5) is 0 Å². The molecule has 5 N–H and O–H groups in total. The molecule has 0 bridgehead atoms. The lowest BCUT2D eigenvalue weighted by molar-refractivity contribution is -0.190. The average Bonchev–Trinajstić information content (AvgIpc) is 2.50. The quantitative estimate of drug-likeness (QED) is 0.298. The Balaban J connectivity index is 2.66. The van der Waals surface area contributed by atoms with Crippen LogP contribution in [0.5, 0.6) is 0 Å². The second kappa shape index (κ2) is 7.16. The first-order valence-corrected chi connectivity index (χ1v) is 9.10. The SMILES string of the molecule is O=[P+]([O-])OC[C@H]1O[C@H](OP(=O)(O)OP(=O)(O)O)[C@H](O)[C@@H]1O. The highest BCUT2D eigenvalue weighted by molar-refractivity contribution is 7.60. The monoisotopic (exact) mass is 372 g/mol. The molecule has 0 aliphatic carbocycles. The van der Waals surface area contributed by atoms with E-state index in [1.807, 2.05) is 0 Å². The van der Waals surface area contributed by atoms with Gasteiger partial charge in [-0.05, 0) is 4.57 Å². The van der Waals surface area contributed by atoms with Crippen molar-refractivity contribution < 1.29 is 61.6 Å². The van der Waals surface area contributed by atoms with Crippen LogP contribution >= 0.6 is 23.9 Å². The van der Waals surface area contributed by atoms with Gasteiger partial charge in [-0.25, -0.2) is 9.13 Å². The molecular weight excluding hydrogens is 361 g/mol. The molecule has 2 unspecified atom stereocenters. The Morgan fingerprint density at radius 2 is 1.76 bits per heavy atom. The molecule has 1 rings (SSSR count). The second-order valence-electron chi connectivity index (χ2n) is 3.69. The minimum atomic E-state index is -5.36. The van der Waals surface area contributed by atoms with E-state index in [2.05, 4.69) is 13.4 Å². The van der Waals surface area contributed by atoms with Gasteiger partial charge in [0.1, 0.15) is 24.9 Å². The molecule has 1 aliphatic heterocycles. The number of ether oxygens (including phenoxy) is 1. The van der Waals surface area contributed by atoms with Crippen LogP contribution in [0.3, 0.4) is 0 Å². The second-order valence-corrected chi connectivity index (χ2v) is 7.18. The predicted molar refractivity (Wildman–Crippen MR) is 58.3 cm³/mol. The Bertz CT molecular complexity index is 472. The number of hydrogen-bond donors (Lipinski definition) is 5. The van der Waals surface area contributed by atoms with Crippen molar-refractivity contribution in [3.8, 4) is 0 Å². The topological polar surface area (TPSA) is 212 Å². The molecule has 16 heteroatoms. The highest BCUT2D eigenvalue weighted by atomic mass is 31.3. The summed E-state index contributed by atoms with van der Waals surface area (Å²) in [5.74, 6) is 0. The zero-order valence-corrected chi connectivity index (χ0v) is 12.5. The molecule has 0 saturated carbocycles. The molecule has 1 heterocycles. The summed E-state index contributed by atoms with van der Waals surface area (Å²) < 4.78 is 48.3. The van der Waals surface area contributed by atoms with Crippen molar-refractivity contribution in [1.29, 1.82) is 0 Å². The number of phosphoric ester groups is 1. The standard InChI is InChI=1S/C5H11O13P3/c6-3-2(1-15-19(8)9)16-5(4(3)7)17-21(13,14)18-20(10,11)12/h2-7H,1H2,(H,13,14)(H2,10,11,12)/t2-,3-,4-,5-/m1/s1. The Morgan fingerprint density at radius 1 is 1.19 bits per heavy atom. The normalized spacial score (nSPS) is 33.7. The van der Waals surface area contributed by atoms with E-state index in [1.54, 1.807) is 0 Å². The summed E-state index contributed by atoms with van der Waals surface area (Å²) >= 11 is 0. The fourth-order valence-electron chi connectivity index (χ4n) is 1.36. The molecule has 0 aromatic heterocycles. The maximum absolute atomic E-state index is 11.2. The van der Waals surface area contributed by atoms with Crippen molar-refractivity contribution in [2.45, 2.75) is 24.6 Å². The molecule has 0 aromatic carbocycles. The lowest BCUT2D eigenvalue weighted by Crippen LogP contribution is -2.34. The van der Waals surface area contributed by atoms with E-state index in [0.717, 1.165) is 0 Å². The van der Waals surface area contributed by atoms with E-state index in [9.17, 15) is 28.8 Å². The Labute approximate surface area is 117 Å². The third kappa shape index (κ3) is 6.43. The van der Waals surface area contributed by atoms with Crippen molar-refractivity contribution >= 4 is 23.9 Å². The van der Waals surface area contributed by atoms with Gasteiger partial charge in [-0.1, -0.05) is 0 Å². The molecule has 1 saturated heterocycles.